The van der Waals surface area contributed by atoms with Crippen LogP contribution in [0, 0.1) is 0 Å². The maximum atomic E-state index is 5.22. The molecule has 0 aliphatic carbocycles. The quantitative estimate of drug-likeness (QED) is 0.720. The smallest absolute Gasteiger partial charge is 0.123 e. The van der Waals surface area contributed by atoms with Crippen molar-refractivity contribution in [1.29, 1.82) is 0 Å². The van der Waals surface area contributed by atoms with Gasteiger partial charge >= 0.3 is 0 Å². The maximum absolute atomic E-state index is 5.22. The standard InChI is InChI=1S/C10H15NO2/c1-8(11-13-3)9-6-4-5-7-10(9)12-2/h4-8,11H,1-3H3. The van der Waals surface area contributed by atoms with E-state index >= 15 is 0 Å². The molecular weight excluding hydrogens is 166 g/mol. The zero-order valence-electron chi connectivity index (χ0n) is 8.20. The molecule has 1 aromatic rings. The molecule has 0 saturated heterocycles. The lowest BCUT2D eigenvalue weighted by Crippen LogP contribution is -2.17. The summed E-state index contributed by atoms with van der Waals surface area (Å²) < 4.78 is 5.22. The lowest BCUT2D eigenvalue weighted by atomic mass is 10.1. The van der Waals surface area contributed by atoms with Crippen LogP contribution in [0.4, 0.5) is 0 Å². The van der Waals surface area contributed by atoms with Crippen molar-refractivity contribution in [1.82, 2.24) is 5.48 Å². The van der Waals surface area contributed by atoms with Gasteiger partial charge in [0.2, 0.25) is 0 Å². The Morgan fingerprint density at radius 1 is 1.23 bits per heavy atom. The van der Waals surface area contributed by atoms with Crippen molar-refractivity contribution in [3.63, 3.8) is 0 Å². The van der Waals surface area contributed by atoms with Crippen LogP contribution in [0.5, 0.6) is 5.75 Å². The Bertz CT molecular complexity index is 263. The Hall–Kier alpha value is -1.06. The molecule has 1 unspecified atom stereocenters. The van der Waals surface area contributed by atoms with Gasteiger partial charge in [-0.05, 0) is 13.0 Å². The Morgan fingerprint density at radius 2 is 1.92 bits per heavy atom. The third-order valence-electron chi connectivity index (χ3n) is 1.90. The minimum absolute atomic E-state index is 0.126. The van der Waals surface area contributed by atoms with Gasteiger partial charge in [0.1, 0.15) is 5.75 Å². The summed E-state index contributed by atoms with van der Waals surface area (Å²) in [5, 5.41) is 0. The van der Waals surface area contributed by atoms with Crippen LogP contribution in [0.25, 0.3) is 0 Å². The van der Waals surface area contributed by atoms with Crippen molar-refractivity contribution in [3.05, 3.63) is 29.8 Å². The van der Waals surface area contributed by atoms with Crippen molar-refractivity contribution in [3.8, 4) is 5.75 Å². The van der Waals surface area contributed by atoms with Crippen LogP contribution in [0.1, 0.15) is 18.5 Å². The van der Waals surface area contributed by atoms with Crippen molar-refractivity contribution >= 4 is 0 Å². The molecular formula is C10H15NO2. The molecule has 13 heavy (non-hydrogen) atoms. The van der Waals surface area contributed by atoms with E-state index < -0.39 is 0 Å². The number of hydrogen-bond acceptors (Lipinski definition) is 3. The highest BCUT2D eigenvalue weighted by atomic mass is 16.6. The summed E-state index contributed by atoms with van der Waals surface area (Å²) in [6.45, 7) is 2.02. The molecule has 0 aliphatic heterocycles. The second-order valence-corrected chi connectivity index (χ2v) is 2.79. The molecule has 1 atom stereocenters. The molecule has 0 fully saturated rings. The van der Waals surface area contributed by atoms with Crippen LogP contribution in [-0.2, 0) is 4.84 Å². The molecule has 0 aromatic heterocycles. The Morgan fingerprint density at radius 3 is 2.54 bits per heavy atom. The van der Waals surface area contributed by atoms with Crippen LogP contribution in [0.2, 0.25) is 0 Å². The van der Waals surface area contributed by atoms with Gasteiger partial charge in [-0.2, -0.15) is 5.48 Å². The second-order valence-electron chi connectivity index (χ2n) is 2.79. The van der Waals surface area contributed by atoms with Gasteiger partial charge in [-0.15, -0.1) is 0 Å². The molecule has 1 rings (SSSR count). The number of hydrogen-bond donors (Lipinski definition) is 1. The molecule has 72 valence electrons. The number of methoxy groups -OCH3 is 1. The molecule has 0 spiro atoms. The third kappa shape index (κ3) is 2.44. The molecule has 0 aliphatic rings. The van der Waals surface area contributed by atoms with E-state index in [4.69, 9.17) is 9.57 Å². The highest BCUT2D eigenvalue weighted by molar-refractivity contribution is 5.35. The summed E-state index contributed by atoms with van der Waals surface area (Å²) in [4.78, 5) is 4.85. The van der Waals surface area contributed by atoms with Crippen LogP contribution in [0.15, 0.2) is 24.3 Å². The summed E-state index contributed by atoms with van der Waals surface area (Å²) in [6.07, 6.45) is 0. The van der Waals surface area contributed by atoms with Crippen molar-refractivity contribution in [2.75, 3.05) is 14.2 Å². The highest BCUT2D eigenvalue weighted by Gasteiger charge is 2.08. The summed E-state index contributed by atoms with van der Waals surface area (Å²) in [5.41, 5.74) is 3.95. The molecule has 0 bridgehead atoms. The van der Waals surface area contributed by atoms with Gasteiger partial charge in [0.05, 0.1) is 20.3 Å². The zero-order valence-corrected chi connectivity index (χ0v) is 8.20. The molecule has 1 aromatic carbocycles. The third-order valence-corrected chi connectivity index (χ3v) is 1.90. The second kappa shape index (κ2) is 4.84. The highest BCUT2D eigenvalue weighted by Crippen LogP contribution is 2.23. The van der Waals surface area contributed by atoms with Crippen molar-refractivity contribution in [2.45, 2.75) is 13.0 Å². The largest absolute Gasteiger partial charge is 0.496 e. The predicted octanol–water partition coefficient (Wildman–Crippen LogP) is 1.91. The van der Waals surface area contributed by atoms with E-state index in [1.54, 1.807) is 14.2 Å². The number of rotatable bonds is 4. The first-order chi connectivity index (χ1) is 6.29. The van der Waals surface area contributed by atoms with E-state index in [1.165, 1.54) is 0 Å². The molecule has 0 radical (unpaired) electrons. The minimum Gasteiger partial charge on any atom is -0.496 e. The number of ether oxygens (including phenoxy) is 1. The first-order valence-electron chi connectivity index (χ1n) is 4.21. The van der Waals surface area contributed by atoms with Crippen molar-refractivity contribution < 1.29 is 9.57 Å². The summed E-state index contributed by atoms with van der Waals surface area (Å²) in [5.74, 6) is 0.875. The number of para-hydroxylation sites is 1. The lowest BCUT2D eigenvalue weighted by Gasteiger charge is -2.15. The van der Waals surface area contributed by atoms with E-state index in [-0.39, 0.29) is 6.04 Å². The van der Waals surface area contributed by atoms with Gasteiger partial charge in [-0.1, -0.05) is 18.2 Å². The summed E-state index contributed by atoms with van der Waals surface area (Å²) in [7, 11) is 3.27. The normalized spacial score (nSPS) is 12.5. The maximum Gasteiger partial charge on any atom is 0.123 e. The first kappa shape index (κ1) is 10.0. The van der Waals surface area contributed by atoms with Crippen molar-refractivity contribution in [2.24, 2.45) is 0 Å². The van der Waals surface area contributed by atoms with Gasteiger partial charge < -0.3 is 9.57 Å². The van der Waals surface area contributed by atoms with E-state index in [9.17, 15) is 0 Å². The SMILES string of the molecule is CONC(C)c1ccccc1OC. The molecule has 0 heterocycles. The fourth-order valence-corrected chi connectivity index (χ4v) is 1.26. The zero-order chi connectivity index (χ0) is 9.68. The monoisotopic (exact) mass is 181 g/mol. The number of benzene rings is 1. The molecule has 1 N–H and O–H groups in total. The van der Waals surface area contributed by atoms with Gasteiger partial charge in [0.15, 0.2) is 0 Å². The van der Waals surface area contributed by atoms with Gasteiger partial charge in [0.25, 0.3) is 0 Å². The van der Waals surface area contributed by atoms with Gasteiger partial charge in [0, 0.05) is 5.56 Å². The van der Waals surface area contributed by atoms with Crippen LogP contribution in [-0.4, -0.2) is 14.2 Å². The number of nitrogens with one attached hydrogen (secondary N) is 1. The molecule has 0 saturated carbocycles. The molecule has 3 heteroatoms. The van der Waals surface area contributed by atoms with E-state index in [0.717, 1.165) is 11.3 Å². The number of hydroxylamine groups is 1. The van der Waals surface area contributed by atoms with Crippen LogP contribution < -0.4 is 10.2 Å². The Kier molecular flexibility index (Phi) is 3.73. The predicted molar refractivity (Wildman–Crippen MR) is 51.6 cm³/mol. The van der Waals surface area contributed by atoms with Gasteiger partial charge in [-0.3, -0.25) is 0 Å². The van der Waals surface area contributed by atoms with E-state index in [0.29, 0.717) is 0 Å². The molecule has 3 nitrogen and oxygen atoms in total. The summed E-state index contributed by atoms with van der Waals surface area (Å²) >= 11 is 0. The lowest BCUT2D eigenvalue weighted by molar-refractivity contribution is 0.0651. The Labute approximate surface area is 78.6 Å². The Balaban J connectivity index is 2.85. The summed E-state index contributed by atoms with van der Waals surface area (Å²) in [6, 6.07) is 7.99. The first-order valence-corrected chi connectivity index (χ1v) is 4.21. The van der Waals surface area contributed by atoms with Gasteiger partial charge in [-0.25, -0.2) is 0 Å². The topological polar surface area (TPSA) is 30.5 Å². The van der Waals surface area contributed by atoms with Crippen LogP contribution in [0.3, 0.4) is 0 Å². The minimum atomic E-state index is 0.126. The fourth-order valence-electron chi connectivity index (χ4n) is 1.26. The average molecular weight is 181 g/mol. The van der Waals surface area contributed by atoms with E-state index in [2.05, 4.69) is 5.48 Å². The van der Waals surface area contributed by atoms with Crippen LogP contribution >= 0.6 is 0 Å². The molecule has 0 amide bonds. The average Bonchev–Trinajstić information content (AvgIpc) is 2.18. The van der Waals surface area contributed by atoms with E-state index in [1.807, 2.05) is 31.2 Å². The fraction of sp³-hybridized carbons (Fsp3) is 0.400.